The fraction of sp³-hybridized carbons (Fsp3) is 0.333. The molecule has 2 atom stereocenters. The van der Waals surface area contributed by atoms with Gasteiger partial charge < -0.3 is 15.4 Å². The number of nitrogens with two attached hydrogens (primary N) is 1. The largest absolute Gasteiger partial charge is 0.378 e. The molecule has 0 saturated carbocycles. The van der Waals surface area contributed by atoms with Crippen molar-refractivity contribution < 1.29 is 4.74 Å². The highest BCUT2D eigenvalue weighted by Crippen LogP contribution is 2.29. The molecule has 0 amide bonds. The number of hydrogen-bond acceptors (Lipinski definition) is 6. The van der Waals surface area contributed by atoms with Crippen LogP contribution in [0.4, 0.5) is 5.13 Å². The molecule has 0 radical (unpaired) electrons. The third kappa shape index (κ3) is 2.70. The summed E-state index contributed by atoms with van der Waals surface area (Å²) < 4.78 is 7.21. The molecule has 3 aromatic rings. The maximum absolute atomic E-state index is 6.08. The summed E-state index contributed by atoms with van der Waals surface area (Å²) in [6, 6.07) is 7.65. The maximum Gasteiger partial charge on any atom is 0.214 e. The first kappa shape index (κ1) is 14.9. The van der Waals surface area contributed by atoms with Crippen molar-refractivity contribution in [3.63, 3.8) is 0 Å². The van der Waals surface area contributed by atoms with Gasteiger partial charge in [-0.25, -0.2) is 9.50 Å². The minimum Gasteiger partial charge on any atom is -0.378 e. The van der Waals surface area contributed by atoms with E-state index in [1.54, 1.807) is 18.4 Å². The van der Waals surface area contributed by atoms with Crippen molar-refractivity contribution in [2.24, 2.45) is 5.73 Å². The quantitative estimate of drug-likeness (QED) is 0.785. The Kier molecular flexibility index (Phi) is 3.73. The average Bonchev–Trinajstić information content (AvgIpc) is 3.20. The molecular weight excluding hydrogens is 334 g/mol. The number of methoxy groups -OCH3 is 1. The number of rotatable bonds is 3. The number of ether oxygens (including phenoxy) is 1. The van der Waals surface area contributed by atoms with E-state index < -0.39 is 0 Å². The standard InChI is InChI=1S/C15H16ClN5OS/c1-22-13-8-20(6-11(13)17)15-19-21-7-12(18-14(21)23-15)9-2-4-10(16)5-3-9/h2-5,7,11,13H,6,8,17H2,1H3/t11-,13-/m1/s1. The highest BCUT2D eigenvalue weighted by molar-refractivity contribution is 7.20. The Morgan fingerprint density at radius 1 is 1.30 bits per heavy atom. The van der Waals surface area contributed by atoms with E-state index in [1.165, 1.54) is 0 Å². The maximum atomic E-state index is 6.08. The summed E-state index contributed by atoms with van der Waals surface area (Å²) in [6.45, 7) is 1.51. The normalized spacial score (nSPS) is 21.4. The molecule has 1 saturated heterocycles. The van der Waals surface area contributed by atoms with E-state index in [2.05, 4.69) is 15.0 Å². The van der Waals surface area contributed by atoms with Crippen LogP contribution in [0.3, 0.4) is 0 Å². The fourth-order valence-electron chi connectivity index (χ4n) is 2.78. The smallest absolute Gasteiger partial charge is 0.214 e. The monoisotopic (exact) mass is 349 g/mol. The van der Waals surface area contributed by atoms with E-state index in [-0.39, 0.29) is 12.1 Å². The number of fused-ring (bicyclic) bond motifs is 1. The highest BCUT2D eigenvalue weighted by Gasteiger charge is 2.32. The van der Waals surface area contributed by atoms with Crippen molar-refractivity contribution in [3.05, 3.63) is 35.5 Å². The third-order valence-electron chi connectivity index (χ3n) is 4.05. The third-order valence-corrected chi connectivity index (χ3v) is 5.29. The number of hydrogen-bond donors (Lipinski definition) is 1. The van der Waals surface area contributed by atoms with Gasteiger partial charge in [0.2, 0.25) is 10.1 Å². The molecule has 2 N–H and O–H groups in total. The second-order valence-corrected chi connectivity index (χ2v) is 6.96. The van der Waals surface area contributed by atoms with E-state index >= 15 is 0 Å². The van der Waals surface area contributed by atoms with Crippen molar-refractivity contribution in [3.8, 4) is 11.3 Å². The second-order valence-electron chi connectivity index (χ2n) is 5.59. The van der Waals surface area contributed by atoms with Crippen LogP contribution in [-0.2, 0) is 4.74 Å². The van der Waals surface area contributed by atoms with E-state index in [1.807, 2.05) is 35.0 Å². The van der Waals surface area contributed by atoms with Crippen LogP contribution in [0.25, 0.3) is 16.2 Å². The van der Waals surface area contributed by atoms with Gasteiger partial charge in [-0.3, -0.25) is 0 Å². The lowest BCUT2D eigenvalue weighted by atomic mass is 10.2. The first-order valence-electron chi connectivity index (χ1n) is 7.29. The number of aromatic nitrogens is 3. The molecule has 8 heteroatoms. The molecule has 23 heavy (non-hydrogen) atoms. The molecule has 120 valence electrons. The molecule has 0 bridgehead atoms. The molecule has 0 unspecified atom stereocenters. The summed E-state index contributed by atoms with van der Waals surface area (Å²) in [7, 11) is 1.70. The Bertz CT molecular complexity index is 799. The number of benzene rings is 1. The second kappa shape index (κ2) is 5.76. The fourth-order valence-corrected chi connectivity index (χ4v) is 3.81. The minimum absolute atomic E-state index is 0.0147. The van der Waals surface area contributed by atoms with E-state index in [9.17, 15) is 0 Å². The molecule has 1 aliphatic rings. The molecule has 0 aliphatic carbocycles. The Labute approximate surface area is 142 Å². The van der Waals surface area contributed by atoms with Crippen molar-refractivity contribution in [1.29, 1.82) is 0 Å². The summed E-state index contributed by atoms with van der Waals surface area (Å²) in [5.41, 5.74) is 7.99. The molecule has 3 heterocycles. The van der Waals surface area contributed by atoms with Gasteiger partial charge in [-0.05, 0) is 12.1 Å². The molecule has 4 rings (SSSR count). The predicted octanol–water partition coefficient (Wildman–Crippen LogP) is 2.27. The zero-order valence-corrected chi connectivity index (χ0v) is 14.1. The average molecular weight is 350 g/mol. The molecule has 1 aromatic carbocycles. The van der Waals surface area contributed by atoms with Crippen molar-refractivity contribution >= 4 is 33.0 Å². The lowest BCUT2D eigenvalue weighted by Gasteiger charge is -2.12. The highest BCUT2D eigenvalue weighted by atomic mass is 35.5. The van der Waals surface area contributed by atoms with E-state index in [0.717, 1.165) is 34.4 Å². The minimum atomic E-state index is 0.0147. The summed E-state index contributed by atoms with van der Waals surface area (Å²) in [4.78, 5) is 7.66. The lowest BCUT2D eigenvalue weighted by molar-refractivity contribution is 0.108. The van der Waals surface area contributed by atoms with Crippen LogP contribution in [-0.4, -0.2) is 46.9 Å². The zero-order chi connectivity index (χ0) is 16.0. The Morgan fingerprint density at radius 3 is 2.74 bits per heavy atom. The van der Waals surface area contributed by atoms with Crippen LogP contribution in [0.1, 0.15) is 0 Å². The van der Waals surface area contributed by atoms with Crippen LogP contribution in [0.15, 0.2) is 30.5 Å². The van der Waals surface area contributed by atoms with E-state index in [0.29, 0.717) is 5.02 Å². The number of halogens is 1. The summed E-state index contributed by atoms with van der Waals surface area (Å²) >= 11 is 7.48. The van der Waals surface area contributed by atoms with Crippen LogP contribution in [0.2, 0.25) is 5.02 Å². The molecule has 6 nitrogen and oxygen atoms in total. The van der Waals surface area contributed by atoms with Gasteiger partial charge in [-0.15, -0.1) is 5.10 Å². The van der Waals surface area contributed by atoms with Gasteiger partial charge in [0.1, 0.15) is 0 Å². The zero-order valence-electron chi connectivity index (χ0n) is 12.5. The van der Waals surface area contributed by atoms with Crippen LogP contribution < -0.4 is 10.6 Å². The van der Waals surface area contributed by atoms with Gasteiger partial charge >= 0.3 is 0 Å². The topological polar surface area (TPSA) is 68.7 Å². The number of nitrogens with zero attached hydrogens (tertiary/aromatic N) is 4. The predicted molar refractivity (Wildman–Crippen MR) is 92.3 cm³/mol. The first-order valence-corrected chi connectivity index (χ1v) is 8.49. The van der Waals surface area contributed by atoms with Gasteiger partial charge in [0.25, 0.3) is 0 Å². The summed E-state index contributed by atoms with van der Waals surface area (Å²) in [6.07, 6.45) is 1.98. The first-order chi connectivity index (χ1) is 11.1. The van der Waals surface area contributed by atoms with Crippen LogP contribution in [0.5, 0.6) is 0 Å². The number of anilines is 1. The van der Waals surface area contributed by atoms with Crippen molar-refractivity contribution in [1.82, 2.24) is 14.6 Å². The van der Waals surface area contributed by atoms with Gasteiger partial charge in [0.15, 0.2) is 0 Å². The summed E-state index contributed by atoms with van der Waals surface area (Å²) in [5.74, 6) is 0. The molecule has 1 aliphatic heterocycles. The van der Waals surface area contributed by atoms with E-state index in [4.69, 9.17) is 22.1 Å². The van der Waals surface area contributed by atoms with Gasteiger partial charge in [0, 0.05) is 30.8 Å². The van der Waals surface area contributed by atoms with Gasteiger partial charge in [-0.1, -0.05) is 35.1 Å². The van der Waals surface area contributed by atoms with Crippen molar-refractivity contribution in [2.75, 3.05) is 25.1 Å². The van der Waals surface area contributed by atoms with Gasteiger partial charge in [-0.2, -0.15) is 0 Å². The molecular formula is C15H16ClN5OS. The Balaban J connectivity index is 1.61. The Morgan fingerprint density at radius 2 is 2.09 bits per heavy atom. The number of imidazole rings is 1. The molecule has 1 fully saturated rings. The molecule has 0 spiro atoms. The van der Waals surface area contributed by atoms with Crippen LogP contribution >= 0.6 is 22.9 Å². The van der Waals surface area contributed by atoms with Crippen molar-refractivity contribution in [2.45, 2.75) is 12.1 Å². The SMILES string of the molecule is CO[C@@H]1CN(c2nn3cc(-c4ccc(Cl)cc4)nc3s2)C[C@H]1N. The van der Waals surface area contributed by atoms with Gasteiger partial charge in [0.05, 0.1) is 24.0 Å². The molecule has 2 aromatic heterocycles. The van der Waals surface area contributed by atoms with Crippen LogP contribution in [0, 0.1) is 0 Å². The summed E-state index contributed by atoms with van der Waals surface area (Å²) in [5, 5.41) is 6.26. The Hall–Kier alpha value is -1.67. The lowest BCUT2D eigenvalue weighted by Crippen LogP contribution is -2.34.